The Hall–Kier alpha value is -0.530. The molecule has 0 aliphatic rings. The zero-order valence-corrected chi connectivity index (χ0v) is 6.55. The Morgan fingerprint density at radius 2 is 1.83 bits per heavy atom. The fraction of sp³-hybridized carbons (Fsp3) is 0.833. The fourth-order valence-electron chi connectivity index (χ4n) is 0.657. The van der Waals surface area contributed by atoms with E-state index in [0.717, 1.165) is 0 Å². The summed E-state index contributed by atoms with van der Waals surface area (Å²) in [5.74, 6) is -0.671. The first-order valence-corrected chi connectivity index (χ1v) is 3.51. The second kappa shape index (κ2) is 5.18. The van der Waals surface area contributed by atoms with Crippen LogP contribution in [0.25, 0.3) is 0 Å². The van der Waals surface area contributed by atoms with Crippen LogP contribution in [0, 0.1) is 0 Å². The van der Waals surface area contributed by atoms with Crippen molar-refractivity contribution in [2.45, 2.75) is 18.3 Å². The molecule has 0 aliphatic heterocycles. The molecule has 0 aromatic carbocycles. The van der Waals surface area contributed by atoms with Crippen LogP contribution in [-0.4, -0.2) is 57.7 Å². The number of rotatable bonds is 5. The number of Topliss-reactive ketones (excluding diaryl/α,β-unsaturated/α-hetero) is 1. The largest absolute Gasteiger partial charge is 0.394 e. The van der Waals surface area contributed by atoms with Gasteiger partial charge in [-0.1, -0.05) is 0 Å². The molecule has 0 spiro atoms. The second-order valence-electron chi connectivity index (χ2n) is 2.40. The Balaban J connectivity index is 4.08. The number of hydrogen-bond donors (Lipinski definition) is 5. The van der Waals surface area contributed by atoms with Gasteiger partial charge in [0.05, 0.1) is 6.61 Å². The first-order valence-electron chi connectivity index (χ1n) is 3.51. The van der Waals surface area contributed by atoms with E-state index in [1.54, 1.807) is 0 Å². The zero-order chi connectivity index (χ0) is 9.72. The summed E-state index contributed by atoms with van der Waals surface area (Å²) in [6.07, 6.45) is -4.83. The maximum Gasteiger partial charge on any atom is 0.217 e. The molecule has 6 heteroatoms. The standard InChI is InChI=1S/C6H13NO5/c7-1-3(9)5(11)6(12)4(10)2-8/h4-6,8,10-12H,1-2,7H2/p+1/t4-,5-,6-/m1/s1. The van der Waals surface area contributed by atoms with Gasteiger partial charge in [-0.15, -0.1) is 0 Å². The fourth-order valence-corrected chi connectivity index (χ4v) is 0.657. The lowest BCUT2D eigenvalue weighted by Gasteiger charge is -2.18. The average Bonchev–Trinajstić information content (AvgIpc) is 2.12. The molecular formula is C6H14NO5+. The van der Waals surface area contributed by atoms with Gasteiger partial charge in [-0.2, -0.15) is 0 Å². The van der Waals surface area contributed by atoms with E-state index in [0.29, 0.717) is 0 Å². The number of aliphatic hydroxyl groups excluding tert-OH is 4. The smallest absolute Gasteiger partial charge is 0.217 e. The van der Waals surface area contributed by atoms with E-state index in [2.05, 4.69) is 5.73 Å². The molecule has 0 heterocycles. The molecule has 0 aliphatic carbocycles. The van der Waals surface area contributed by atoms with Crippen molar-refractivity contribution in [1.82, 2.24) is 0 Å². The van der Waals surface area contributed by atoms with Gasteiger partial charge in [-0.3, -0.25) is 4.79 Å². The van der Waals surface area contributed by atoms with E-state index in [1.165, 1.54) is 0 Å². The van der Waals surface area contributed by atoms with Crippen LogP contribution >= 0.6 is 0 Å². The van der Waals surface area contributed by atoms with Crippen LogP contribution in [-0.2, 0) is 4.79 Å². The van der Waals surface area contributed by atoms with Gasteiger partial charge in [0, 0.05) is 0 Å². The van der Waals surface area contributed by atoms with Crippen molar-refractivity contribution in [1.29, 1.82) is 0 Å². The van der Waals surface area contributed by atoms with Crippen molar-refractivity contribution in [3.8, 4) is 0 Å². The van der Waals surface area contributed by atoms with Crippen molar-refractivity contribution in [2.24, 2.45) is 0 Å². The number of carbonyl (C=O) groups is 1. The highest BCUT2D eigenvalue weighted by Gasteiger charge is 2.29. The number of aliphatic hydroxyl groups is 4. The number of hydrogen-bond acceptors (Lipinski definition) is 5. The number of ketones is 1. The van der Waals surface area contributed by atoms with Crippen molar-refractivity contribution in [3.05, 3.63) is 0 Å². The summed E-state index contributed by atoms with van der Waals surface area (Å²) in [7, 11) is 0. The third-order valence-electron chi connectivity index (χ3n) is 1.48. The van der Waals surface area contributed by atoms with Crippen LogP contribution in [0.3, 0.4) is 0 Å². The summed E-state index contributed by atoms with van der Waals surface area (Å²) in [5, 5.41) is 35.1. The summed E-state index contributed by atoms with van der Waals surface area (Å²) in [5.41, 5.74) is 3.21. The van der Waals surface area contributed by atoms with Gasteiger partial charge in [-0.05, 0) is 0 Å². The molecule has 0 aromatic heterocycles. The zero-order valence-electron chi connectivity index (χ0n) is 6.55. The molecule has 72 valence electrons. The third-order valence-corrected chi connectivity index (χ3v) is 1.48. The van der Waals surface area contributed by atoms with Crippen LogP contribution in [0.2, 0.25) is 0 Å². The van der Waals surface area contributed by atoms with E-state index >= 15 is 0 Å². The minimum atomic E-state index is -1.68. The molecule has 0 bridgehead atoms. The summed E-state index contributed by atoms with van der Waals surface area (Å²) in [4.78, 5) is 10.7. The number of carbonyl (C=O) groups excluding carboxylic acids is 1. The highest BCUT2D eigenvalue weighted by molar-refractivity contribution is 5.84. The molecule has 0 aromatic rings. The van der Waals surface area contributed by atoms with E-state index in [9.17, 15) is 4.79 Å². The molecule has 3 atom stereocenters. The Bertz CT molecular complexity index is 151. The lowest BCUT2D eigenvalue weighted by Crippen LogP contribution is -2.59. The van der Waals surface area contributed by atoms with Gasteiger partial charge in [0.2, 0.25) is 5.78 Å². The molecule has 7 N–H and O–H groups in total. The third kappa shape index (κ3) is 2.84. The molecule has 6 nitrogen and oxygen atoms in total. The molecule has 12 heavy (non-hydrogen) atoms. The van der Waals surface area contributed by atoms with Crippen molar-refractivity contribution in [3.63, 3.8) is 0 Å². The minimum Gasteiger partial charge on any atom is -0.394 e. The predicted octanol–water partition coefficient (Wildman–Crippen LogP) is -4.13. The summed E-state index contributed by atoms with van der Waals surface area (Å²) >= 11 is 0. The van der Waals surface area contributed by atoms with Crippen LogP contribution in [0.15, 0.2) is 0 Å². The highest BCUT2D eigenvalue weighted by atomic mass is 16.4. The minimum absolute atomic E-state index is 0.170. The highest BCUT2D eigenvalue weighted by Crippen LogP contribution is 1.99. The lowest BCUT2D eigenvalue weighted by atomic mass is 10.1. The molecule has 0 amide bonds. The first kappa shape index (κ1) is 11.5. The summed E-state index contributed by atoms with van der Waals surface area (Å²) in [6, 6.07) is 0. The van der Waals surface area contributed by atoms with Gasteiger partial charge < -0.3 is 26.2 Å². The Morgan fingerprint density at radius 3 is 2.17 bits per heavy atom. The molecule has 0 fully saturated rings. The van der Waals surface area contributed by atoms with E-state index in [1.807, 2.05) is 0 Å². The van der Waals surface area contributed by atoms with Gasteiger partial charge >= 0.3 is 0 Å². The normalized spacial score (nSPS) is 18.4. The molecule has 0 unspecified atom stereocenters. The second-order valence-corrected chi connectivity index (χ2v) is 2.40. The molecule has 0 radical (unpaired) electrons. The molecular weight excluding hydrogens is 166 g/mol. The summed E-state index contributed by atoms with van der Waals surface area (Å²) in [6.45, 7) is -0.876. The van der Waals surface area contributed by atoms with Gasteiger partial charge in [0.1, 0.15) is 24.9 Å². The molecule has 0 saturated heterocycles. The average molecular weight is 180 g/mol. The Morgan fingerprint density at radius 1 is 1.33 bits per heavy atom. The van der Waals surface area contributed by atoms with Crippen molar-refractivity contribution < 1.29 is 31.0 Å². The maximum atomic E-state index is 10.7. The van der Waals surface area contributed by atoms with Gasteiger partial charge in [0.15, 0.2) is 0 Å². The van der Waals surface area contributed by atoms with Crippen LogP contribution in [0.4, 0.5) is 0 Å². The topological polar surface area (TPSA) is 126 Å². The maximum absolute atomic E-state index is 10.7. The van der Waals surface area contributed by atoms with E-state index in [4.69, 9.17) is 20.4 Å². The Labute approximate surface area is 69.2 Å². The Kier molecular flexibility index (Phi) is 4.95. The number of quaternary nitrogens is 1. The quantitative estimate of drug-likeness (QED) is 0.294. The van der Waals surface area contributed by atoms with E-state index < -0.39 is 30.7 Å². The van der Waals surface area contributed by atoms with Gasteiger partial charge in [-0.25, -0.2) is 0 Å². The van der Waals surface area contributed by atoms with Crippen LogP contribution < -0.4 is 5.73 Å². The summed E-state index contributed by atoms with van der Waals surface area (Å²) < 4.78 is 0. The van der Waals surface area contributed by atoms with E-state index in [-0.39, 0.29) is 6.54 Å². The monoisotopic (exact) mass is 180 g/mol. The van der Waals surface area contributed by atoms with Gasteiger partial charge in [0.25, 0.3) is 0 Å². The molecule has 0 saturated carbocycles. The first-order chi connectivity index (χ1) is 5.54. The van der Waals surface area contributed by atoms with Crippen LogP contribution in [0.1, 0.15) is 0 Å². The lowest BCUT2D eigenvalue weighted by molar-refractivity contribution is -0.356. The molecule has 0 rings (SSSR count). The predicted molar refractivity (Wildman–Crippen MR) is 37.9 cm³/mol. The van der Waals surface area contributed by atoms with Crippen molar-refractivity contribution in [2.75, 3.05) is 13.2 Å². The van der Waals surface area contributed by atoms with Crippen molar-refractivity contribution >= 4 is 5.78 Å². The van der Waals surface area contributed by atoms with Crippen LogP contribution in [0.5, 0.6) is 0 Å². The SMILES string of the molecule is [NH3+]CC(=O)[C@@H](O)[C@H](O)[C@H](O)CO.